The Kier molecular flexibility index (Phi) is 6.13. The minimum Gasteiger partial charge on any atom is -0.354 e. The van der Waals surface area contributed by atoms with Crippen molar-refractivity contribution < 1.29 is 4.21 Å². The highest BCUT2D eigenvalue weighted by molar-refractivity contribution is 7.83. The van der Waals surface area contributed by atoms with E-state index in [-0.39, 0.29) is 0 Å². The summed E-state index contributed by atoms with van der Waals surface area (Å²) in [6, 6.07) is 20.1. The van der Waals surface area contributed by atoms with Crippen molar-refractivity contribution in [1.82, 2.24) is 29.2 Å². The Bertz CT molecular complexity index is 1750. The van der Waals surface area contributed by atoms with E-state index < -0.39 is 11.0 Å². The second-order valence-electron chi connectivity index (χ2n) is 8.61. The van der Waals surface area contributed by atoms with Crippen molar-refractivity contribution in [2.24, 2.45) is 7.05 Å². The quantitative estimate of drug-likeness (QED) is 0.312. The fraction of sp³-hybridized carbons (Fsp3) is 0.0714. The van der Waals surface area contributed by atoms with Crippen molar-refractivity contribution in [3.05, 3.63) is 104 Å². The average molecular weight is 506 g/mol. The number of hydrogen-bond acceptors (Lipinski definition) is 6. The summed E-state index contributed by atoms with van der Waals surface area (Å²) in [4.78, 5) is 17.9. The number of anilines is 2. The molecule has 6 aromatic rings. The first kappa shape index (κ1) is 23.0. The van der Waals surface area contributed by atoms with E-state index in [0.29, 0.717) is 11.4 Å². The summed E-state index contributed by atoms with van der Waals surface area (Å²) >= 11 is 0. The molecule has 1 unspecified atom stereocenters. The van der Waals surface area contributed by atoms with E-state index in [4.69, 9.17) is 0 Å². The molecule has 0 saturated heterocycles. The first-order valence-electron chi connectivity index (χ1n) is 11.7. The van der Waals surface area contributed by atoms with Crippen LogP contribution in [0.5, 0.6) is 0 Å². The summed E-state index contributed by atoms with van der Waals surface area (Å²) in [5.74, 6) is 0. The molecular weight excluding hydrogens is 482 g/mol. The van der Waals surface area contributed by atoms with E-state index in [1.807, 2.05) is 37.4 Å². The van der Waals surface area contributed by atoms with Crippen LogP contribution in [0.2, 0.25) is 0 Å². The lowest BCUT2D eigenvalue weighted by atomic mass is 10.0. The maximum absolute atomic E-state index is 13.2. The minimum absolute atomic E-state index is 0.388. The molecule has 6 rings (SSSR count). The number of rotatable bonds is 7. The van der Waals surface area contributed by atoms with Crippen molar-refractivity contribution in [3.63, 3.8) is 0 Å². The Hall–Kier alpha value is -4.47. The van der Waals surface area contributed by atoms with Gasteiger partial charge >= 0.3 is 0 Å². The summed E-state index contributed by atoms with van der Waals surface area (Å²) in [6.45, 7) is 0.388. The van der Waals surface area contributed by atoms with E-state index in [9.17, 15) is 4.21 Å². The second kappa shape index (κ2) is 9.88. The van der Waals surface area contributed by atoms with Gasteiger partial charge in [-0.3, -0.25) is 9.97 Å². The molecule has 3 aromatic carbocycles. The molecule has 0 bridgehead atoms. The molecule has 0 aliphatic heterocycles. The zero-order valence-corrected chi connectivity index (χ0v) is 20.8. The van der Waals surface area contributed by atoms with Crippen LogP contribution >= 0.6 is 0 Å². The number of nitrogens with one attached hydrogen (secondary N) is 2. The van der Waals surface area contributed by atoms with Crippen LogP contribution in [0.15, 0.2) is 103 Å². The van der Waals surface area contributed by atoms with Gasteiger partial charge < -0.3 is 9.88 Å². The molecule has 0 aliphatic rings. The molecule has 3 aromatic heterocycles. The Morgan fingerprint density at radius 1 is 0.946 bits per heavy atom. The summed E-state index contributed by atoms with van der Waals surface area (Å²) in [5.41, 5.74) is 7.18. The first-order valence-corrected chi connectivity index (χ1v) is 12.9. The fourth-order valence-corrected chi connectivity index (χ4v) is 5.31. The molecule has 182 valence electrons. The lowest BCUT2D eigenvalue weighted by molar-refractivity contribution is 0.671. The molecule has 0 aliphatic carbocycles. The fourth-order valence-electron chi connectivity index (χ4n) is 4.33. The molecule has 9 heteroatoms. The van der Waals surface area contributed by atoms with Crippen LogP contribution in [-0.2, 0) is 24.6 Å². The van der Waals surface area contributed by atoms with Crippen molar-refractivity contribution >= 4 is 44.3 Å². The number of fused-ring (bicyclic) bond motifs is 2. The van der Waals surface area contributed by atoms with Crippen LogP contribution in [0.1, 0.15) is 5.56 Å². The summed E-state index contributed by atoms with van der Waals surface area (Å²) in [6.07, 6.45) is 10.3. The predicted octanol–water partition coefficient (Wildman–Crippen LogP) is 5.13. The third-order valence-corrected chi connectivity index (χ3v) is 7.32. The van der Waals surface area contributed by atoms with Crippen LogP contribution in [0, 0.1) is 0 Å². The SMILES string of the molecule is Cn1ccc2ccc(-c3cc(Nc4ccccc4S(=O)NCc4cncnc4)cc4nccnc34)cc21. The van der Waals surface area contributed by atoms with E-state index >= 15 is 0 Å². The van der Waals surface area contributed by atoms with Gasteiger partial charge in [-0.15, -0.1) is 0 Å². The van der Waals surface area contributed by atoms with Gasteiger partial charge in [0.15, 0.2) is 0 Å². The molecular formula is C28H23N7OS. The van der Waals surface area contributed by atoms with Gasteiger partial charge in [0.05, 0.1) is 21.6 Å². The van der Waals surface area contributed by atoms with Crippen LogP contribution in [0.3, 0.4) is 0 Å². The zero-order valence-electron chi connectivity index (χ0n) is 20.0. The number of aryl methyl sites for hydroxylation is 1. The topological polar surface area (TPSA) is 97.6 Å². The standard InChI is InChI=1S/C28H23N7OS/c1-35-11-8-20-6-7-21(12-26(20)35)23-13-22(14-25-28(23)32-10-9-31-25)34-24-4-2-3-5-27(24)37(36)33-17-19-15-29-18-30-16-19/h2-16,18,33-34H,17H2,1H3. The Labute approximate surface area is 216 Å². The zero-order chi connectivity index (χ0) is 25.2. The number of para-hydroxylation sites is 1. The van der Waals surface area contributed by atoms with Crippen LogP contribution in [0.25, 0.3) is 33.1 Å². The molecule has 0 spiro atoms. The molecule has 0 amide bonds. The van der Waals surface area contributed by atoms with Crippen molar-refractivity contribution in [2.75, 3.05) is 5.32 Å². The summed E-state index contributed by atoms with van der Waals surface area (Å²) in [5, 5.41) is 4.65. The molecule has 8 nitrogen and oxygen atoms in total. The van der Waals surface area contributed by atoms with Gasteiger partial charge in [-0.25, -0.2) is 18.9 Å². The normalized spacial score (nSPS) is 12.1. The molecule has 1 atom stereocenters. The highest BCUT2D eigenvalue weighted by Crippen LogP contribution is 2.34. The van der Waals surface area contributed by atoms with Crippen LogP contribution in [0.4, 0.5) is 11.4 Å². The summed E-state index contributed by atoms with van der Waals surface area (Å²) < 4.78 is 18.3. The number of hydrogen-bond donors (Lipinski definition) is 2. The van der Waals surface area contributed by atoms with Gasteiger partial charge in [0.2, 0.25) is 0 Å². The minimum atomic E-state index is -1.45. The van der Waals surface area contributed by atoms with Crippen molar-refractivity contribution in [3.8, 4) is 11.1 Å². The Morgan fingerprint density at radius 3 is 2.68 bits per heavy atom. The molecule has 2 N–H and O–H groups in total. The van der Waals surface area contributed by atoms with Crippen molar-refractivity contribution in [1.29, 1.82) is 0 Å². The lowest BCUT2D eigenvalue weighted by Crippen LogP contribution is -2.18. The third-order valence-electron chi connectivity index (χ3n) is 6.16. The third kappa shape index (κ3) is 4.69. The Balaban J connectivity index is 1.36. The molecule has 0 fully saturated rings. The molecule has 0 saturated carbocycles. The lowest BCUT2D eigenvalue weighted by Gasteiger charge is -2.15. The van der Waals surface area contributed by atoms with E-state index in [1.165, 1.54) is 11.7 Å². The smallest absolute Gasteiger partial charge is 0.127 e. The van der Waals surface area contributed by atoms with Crippen LogP contribution < -0.4 is 10.0 Å². The van der Waals surface area contributed by atoms with E-state index in [1.54, 1.807) is 24.8 Å². The van der Waals surface area contributed by atoms with Gasteiger partial charge in [0.1, 0.15) is 17.3 Å². The second-order valence-corrected chi connectivity index (χ2v) is 9.87. The van der Waals surface area contributed by atoms with Gasteiger partial charge in [0, 0.05) is 66.9 Å². The van der Waals surface area contributed by atoms with Gasteiger partial charge in [-0.1, -0.05) is 24.3 Å². The van der Waals surface area contributed by atoms with Gasteiger partial charge in [0.25, 0.3) is 0 Å². The molecule has 0 radical (unpaired) electrons. The monoisotopic (exact) mass is 505 g/mol. The average Bonchev–Trinajstić information content (AvgIpc) is 3.32. The number of benzene rings is 3. The highest BCUT2D eigenvalue weighted by atomic mass is 32.2. The Morgan fingerprint density at radius 2 is 1.78 bits per heavy atom. The molecule has 37 heavy (non-hydrogen) atoms. The molecule has 3 heterocycles. The van der Waals surface area contributed by atoms with Crippen molar-refractivity contribution in [2.45, 2.75) is 11.4 Å². The highest BCUT2D eigenvalue weighted by Gasteiger charge is 2.14. The summed E-state index contributed by atoms with van der Waals surface area (Å²) in [7, 11) is 0.589. The maximum atomic E-state index is 13.2. The first-order chi connectivity index (χ1) is 18.2. The predicted molar refractivity (Wildman–Crippen MR) is 146 cm³/mol. The van der Waals surface area contributed by atoms with Crippen LogP contribution in [-0.4, -0.2) is 28.7 Å². The van der Waals surface area contributed by atoms with E-state index in [0.717, 1.165) is 44.6 Å². The van der Waals surface area contributed by atoms with Gasteiger partial charge in [-0.2, -0.15) is 0 Å². The number of nitrogens with zero attached hydrogens (tertiary/aromatic N) is 5. The van der Waals surface area contributed by atoms with E-state index in [2.05, 4.69) is 71.1 Å². The maximum Gasteiger partial charge on any atom is 0.127 e. The largest absolute Gasteiger partial charge is 0.354 e. The number of aromatic nitrogens is 5. The van der Waals surface area contributed by atoms with Gasteiger partial charge in [-0.05, 0) is 47.3 Å².